The van der Waals surface area contributed by atoms with E-state index in [9.17, 15) is 4.39 Å². The Balaban J connectivity index is 0.00000392. The van der Waals surface area contributed by atoms with Crippen molar-refractivity contribution in [2.75, 3.05) is 27.7 Å². The Hall–Kier alpha value is -1.68. The number of nitrogens with one attached hydrogen (secondary N) is 2. The molecule has 1 unspecified atom stereocenters. The Morgan fingerprint density at radius 2 is 2.00 bits per heavy atom. The maximum atomic E-state index is 13.6. The molecule has 28 heavy (non-hydrogen) atoms. The quantitative estimate of drug-likeness (QED) is 0.358. The van der Waals surface area contributed by atoms with Crippen LogP contribution in [0.4, 0.5) is 4.39 Å². The van der Waals surface area contributed by atoms with Gasteiger partial charge >= 0.3 is 0 Å². The molecule has 2 rings (SSSR count). The molecule has 1 heterocycles. The van der Waals surface area contributed by atoms with Crippen LogP contribution in [0, 0.1) is 5.82 Å². The van der Waals surface area contributed by atoms with Crippen LogP contribution in [0.25, 0.3) is 0 Å². The first-order chi connectivity index (χ1) is 12.7. The van der Waals surface area contributed by atoms with Gasteiger partial charge in [-0.15, -0.1) is 24.0 Å². The molecular formula is C20H31FIN5O. The van der Waals surface area contributed by atoms with Crippen LogP contribution in [0.15, 0.2) is 39.9 Å². The molecule has 2 N–H and O–H groups in total. The van der Waals surface area contributed by atoms with Gasteiger partial charge in [-0.2, -0.15) is 0 Å². The highest BCUT2D eigenvalue weighted by Gasteiger charge is 2.19. The number of rotatable bonds is 6. The summed E-state index contributed by atoms with van der Waals surface area (Å²) in [4.78, 5) is 10.6. The molecule has 0 bridgehead atoms. The van der Waals surface area contributed by atoms with Gasteiger partial charge in [0, 0.05) is 19.0 Å². The van der Waals surface area contributed by atoms with Crippen LogP contribution in [-0.4, -0.2) is 43.5 Å². The Bertz CT molecular complexity index is 770. The van der Waals surface area contributed by atoms with E-state index in [1.165, 1.54) is 6.07 Å². The van der Waals surface area contributed by atoms with E-state index in [2.05, 4.69) is 41.4 Å². The molecule has 1 aromatic heterocycles. The fourth-order valence-electron chi connectivity index (χ4n) is 2.62. The molecule has 8 heteroatoms. The highest BCUT2D eigenvalue weighted by Crippen LogP contribution is 2.22. The SMILES string of the molecule is CN=C(NCc1ncc(C(C)(C)C)o1)NCC(c1cccc(F)c1)N(C)C.I. The van der Waals surface area contributed by atoms with Crippen LogP contribution in [0.2, 0.25) is 0 Å². The summed E-state index contributed by atoms with van der Waals surface area (Å²) in [7, 11) is 5.64. The molecule has 2 aromatic rings. The Morgan fingerprint density at radius 3 is 2.54 bits per heavy atom. The van der Waals surface area contributed by atoms with E-state index in [1.807, 2.05) is 25.1 Å². The van der Waals surface area contributed by atoms with Crippen LogP contribution < -0.4 is 10.6 Å². The number of hydrogen-bond donors (Lipinski definition) is 2. The van der Waals surface area contributed by atoms with E-state index in [4.69, 9.17) is 4.42 Å². The third kappa shape index (κ3) is 7.05. The third-order valence-electron chi connectivity index (χ3n) is 4.24. The highest BCUT2D eigenvalue weighted by molar-refractivity contribution is 14.0. The van der Waals surface area contributed by atoms with Gasteiger partial charge in [-0.3, -0.25) is 4.99 Å². The lowest BCUT2D eigenvalue weighted by Crippen LogP contribution is -2.41. The Kier molecular flexibility index (Phi) is 9.35. The van der Waals surface area contributed by atoms with Crippen molar-refractivity contribution in [1.29, 1.82) is 0 Å². The summed E-state index contributed by atoms with van der Waals surface area (Å²) in [6.07, 6.45) is 1.76. The van der Waals surface area contributed by atoms with Crippen LogP contribution in [0.1, 0.15) is 44.0 Å². The van der Waals surface area contributed by atoms with Gasteiger partial charge in [0.1, 0.15) is 11.6 Å². The number of aliphatic imine (C=N–C) groups is 1. The average molecular weight is 503 g/mol. The van der Waals surface area contributed by atoms with Crippen molar-refractivity contribution in [3.8, 4) is 0 Å². The minimum absolute atomic E-state index is 0. The molecule has 0 saturated heterocycles. The number of benzene rings is 1. The third-order valence-corrected chi connectivity index (χ3v) is 4.24. The molecule has 0 spiro atoms. The summed E-state index contributed by atoms with van der Waals surface area (Å²) in [5.74, 6) is 1.85. The minimum Gasteiger partial charge on any atom is -0.443 e. The summed E-state index contributed by atoms with van der Waals surface area (Å²) in [6.45, 7) is 7.26. The Labute approximate surface area is 184 Å². The number of halogens is 2. The highest BCUT2D eigenvalue weighted by atomic mass is 127. The smallest absolute Gasteiger partial charge is 0.213 e. The average Bonchev–Trinajstić information content (AvgIpc) is 3.07. The van der Waals surface area contributed by atoms with Gasteiger partial charge in [-0.05, 0) is 31.8 Å². The van der Waals surface area contributed by atoms with E-state index in [0.717, 1.165) is 11.3 Å². The predicted octanol–water partition coefficient (Wildman–Crippen LogP) is 3.70. The monoisotopic (exact) mass is 503 g/mol. The second-order valence-corrected chi connectivity index (χ2v) is 7.71. The van der Waals surface area contributed by atoms with Crippen molar-refractivity contribution >= 4 is 29.9 Å². The largest absolute Gasteiger partial charge is 0.443 e. The molecular weight excluding hydrogens is 472 g/mol. The predicted molar refractivity (Wildman–Crippen MR) is 122 cm³/mol. The number of hydrogen-bond acceptors (Lipinski definition) is 4. The molecule has 0 amide bonds. The number of likely N-dealkylation sites (N-methyl/N-ethyl adjacent to an activating group) is 1. The van der Waals surface area contributed by atoms with Crippen molar-refractivity contribution in [3.63, 3.8) is 0 Å². The van der Waals surface area contributed by atoms with E-state index in [0.29, 0.717) is 24.9 Å². The van der Waals surface area contributed by atoms with Crippen molar-refractivity contribution in [2.45, 2.75) is 38.8 Å². The number of aromatic nitrogens is 1. The minimum atomic E-state index is -0.236. The fraction of sp³-hybridized carbons (Fsp3) is 0.500. The normalized spacial score (nSPS) is 13.2. The van der Waals surface area contributed by atoms with Crippen molar-refractivity contribution in [1.82, 2.24) is 20.5 Å². The first-order valence-corrected chi connectivity index (χ1v) is 9.02. The lowest BCUT2D eigenvalue weighted by atomic mass is 9.94. The van der Waals surface area contributed by atoms with E-state index >= 15 is 0 Å². The summed E-state index contributed by atoms with van der Waals surface area (Å²) >= 11 is 0. The molecule has 0 radical (unpaired) electrons. The molecule has 1 aromatic carbocycles. The molecule has 0 saturated carbocycles. The second kappa shape index (κ2) is 10.8. The zero-order valence-corrected chi connectivity index (χ0v) is 19.7. The lowest BCUT2D eigenvalue weighted by Gasteiger charge is -2.26. The lowest BCUT2D eigenvalue weighted by molar-refractivity contribution is 0.297. The Morgan fingerprint density at radius 1 is 1.29 bits per heavy atom. The van der Waals surface area contributed by atoms with Gasteiger partial charge in [0.05, 0.1) is 18.8 Å². The summed E-state index contributed by atoms with van der Waals surface area (Å²) in [5.41, 5.74) is 0.834. The van der Waals surface area contributed by atoms with Gasteiger partial charge in [-0.1, -0.05) is 32.9 Å². The van der Waals surface area contributed by atoms with Crippen molar-refractivity contribution in [3.05, 3.63) is 53.5 Å². The first-order valence-electron chi connectivity index (χ1n) is 9.02. The molecule has 1 atom stereocenters. The van der Waals surface area contributed by atoms with Gasteiger partial charge in [-0.25, -0.2) is 9.37 Å². The van der Waals surface area contributed by atoms with Gasteiger partial charge in [0.25, 0.3) is 0 Å². The van der Waals surface area contributed by atoms with Crippen LogP contribution in [0.3, 0.4) is 0 Å². The van der Waals surface area contributed by atoms with E-state index in [1.54, 1.807) is 25.4 Å². The maximum Gasteiger partial charge on any atom is 0.213 e. The van der Waals surface area contributed by atoms with Crippen LogP contribution in [-0.2, 0) is 12.0 Å². The molecule has 0 aliphatic heterocycles. The maximum absolute atomic E-state index is 13.6. The summed E-state index contributed by atoms with van der Waals surface area (Å²) in [6, 6.07) is 6.67. The number of guanidine groups is 1. The van der Waals surface area contributed by atoms with Crippen molar-refractivity contribution in [2.24, 2.45) is 4.99 Å². The summed E-state index contributed by atoms with van der Waals surface area (Å²) < 4.78 is 19.3. The van der Waals surface area contributed by atoms with Gasteiger partial charge < -0.3 is 20.0 Å². The molecule has 156 valence electrons. The summed E-state index contributed by atoms with van der Waals surface area (Å²) in [5, 5.41) is 6.48. The van der Waals surface area contributed by atoms with Crippen molar-refractivity contribution < 1.29 is 8.81 Å². The number of oxazole rings is 1. The zero-order chi connectivity index (χ0) is 20.0. The molecule has 6 nitrogen and oxygen atoms in total. The van der Waals surface area contributed by atoms with E-state index < -0.39 is 0 Å². The van der Waals surface area contributed by atoms with Crippen LogP contribution in [0.5, 0.6) is 0 Å². The molecule has 0 aliphatic rings. The zero-order valence-electron chi connectivity index (χ0n) is 17.4. The van der Waals surface area contributed by atoms with Gasteiger partial charge in [0.2, 0.25) is 5.89 Å². The first kappa shape index (κ1) is 24.4. The topological polar surface area (TPSA) is 65.7 Å². The fourth-order valence-corrected chi connectivity index (χ4v) is 2.62. The number of nitrogens with zero attached hydrogens (tertiary/aromatic N) is 3. The standard InChI is InChI=1S/C20H30FN5O.HI/c1-20(2,3)17-12-23-18(27-17)13-25-19(22-4)24-11-16(26(5)6)14-8-7-9-15(21)10-14;/h7-10,12,16H,11,13H2,1-6H3,(H2,22,24,25);1H. The second-order valence-electron chi connectivity index (χ2n) is 7.71. The molecule has 0 aliphatic carbocycles. The van der Waals surface area contributed by atoms with Gasteiger partial charge in [0.15, 0.2) is 5.96 Å². The van der Waals surface area contributed by atoms with Crippen LogP contribution >= 0.6 is 24.0 Å². The van der Waals surface area contributed by atoms with E-state index in [-0.39, 0.29) is 41.3 Å². The molecule has 0 fully saturated rings.